The highest BCUT2D eigenvalue weighted by Gasteiger charge is 2.43. The number of halogens is 1. The molecule has 0 radical (unpaired) electrons. The van der Waals surface area contributed by atoms with Crippen LogP contribution in [0.25, 0.3) is 0 Å². The van der Waals surface area contributed by atoms with E-state index >= 15 is 0 Å². The van der Waals surface area contributed by atoms with Gasteiger partial charge in [-0.15, -0.1) is 0 Å². The Morgan fingerprint density at radius 1 is 0.500 bits per heavy atom. The van der Waals surface area contributed by atoms with Crippen molar-refractivity contribution in [3.8, 4) is 0 Å². The SMILES string of the molecule is CCCCN(CCCC)CCCC.CCCCN(CCCC)CCCC.O=P(O)(O)C(F)P(=O)(O)O. The quantitative estimate of drug-likeness (QED) is 0.117. The maximum absolute atomic E-state index is 11.9. The van der Waals surface area contributed by atoms with E-state index in [1.807, 2.05) is 0 Å². The van der Waals surface area contributed by atoms with Gasteiger partial charge in [0.2, 0.25) is 0 Å². The lowest BCUT2D eigenvalue weighted by atomic mass is 10.2. The lowest BCUT2D eigenvalue weighted by Gasteiger charge is -2.21. The topological polar surface area (TPSA) is 122 Å². The molecule has 0 rings (SSSR count). The van der Waals surface area contributed by atoms with Crippen molar-refractivity contribution >= 4 is 15.2 Å². The predicted octanol–water partition coefficient (Wildman–Crippen LogP) is 6.97. The van der Waals surface area contributed by atoms with Gasteiger partial charge in [-0.3, -0.25) is 9.13 Å². The third kappa shape index (κ3) is 28.7. The maximum atomic E-state index is 11.9. The first-order valence-corrected chi connectivity index (χ1v) is 17.4. The molecule has 0 saturated heterocycles. The summed E-state index contributed by atoms with van der Waals surface area (Å²) < 4.78 is 31.5. The van der Waals surface area contributed by atoms with Gasteiger partial charge in [-0.2, -0.15) is 0 Å². The number of alkyl halides is 1. The normalized spacial score (nSPS) is 11.9. The highest BCUT2D eigenvalue weighted by Crippen LogP contribution is 2.60. The average molecular weight is 565 g/mol. The second-order valence-electron chi connectivity index (χ2n) is 9.29. The largest absolute Gasteiger partial charge is 0.372 e. The average Bonchev–Trinajstić information content (AvgIpc) is 2.82. The van der Waals surface area contributed by atoms with Gasteiger partial charge in [-0.25, -0.2) is 4.39 Å². The second-order valence-corrected chi connectivity index (χ2v) is 13.0. The van der Waals surface area contributed by atoms with Crippen LogP contribution in [0.15, 0.2) is 0 Å². The Kier molecular flexibility index (Phi) is 30.2. The van der Waals surface area contributed by atoms with Crippen LogP contribution in [-0.2, 0) is 9.13 Å². The molecular formula is C25H59FN2O6P2. The molecule has 0 unspecified atom stereocenters. The first kappa shape index (κ1) is 40.6. The molecule has 0 aliphatic carbocycles. The molecule has 222 valence electrons. The Balaban J connectivity index is -0.000000459. The minimum atomic E-state index is -5.31. The lowest BCUT2D eigenvalue weighted by Crippen LogP contribution is -2.27. The molecule has 36 heavy (non-hydrogen) atoms. The Bertz CT molecular complexity index is 465. The Morgan fingerprint density at radius 3 is 0.750 bits per heavy atom. The first-order valence-electron chi connectivity index (χ1n) is 14.0. The van der Waals surface area contributed by atoms with E-state index in [0.717, 1.165) is 0 Å². The molecule has 4 N–H and O–H groups in total. The molecule has 0 fully saturated rings. The van der Waals surface area contributed by atoms with Crippen LogP contribution in [0.5, 0.6) is 0 Å². The van der Waals surface area contributed by atoms with Gasteiger partial charge in [0.15, 0.2) is 0 Å². The number of hydrogen-bond acceptors (Lipinski definition) is 4. The molecule has 0 amide bonds. The van der Waals surface area contributed by atoms with Crippen LogP contribution in [-0.4, -0.2) is 74.3 Å². The van der Waals surface area contributed by atoms with E-state index in [4.69, 9.17) is 19.6 Å². The van der Waals surface area contributed by atoms with Crippen LogP contribution >= 0.6 is 15.2 Å². The van der Waals surface area contributed by atoms with Gasteiger partial charge in [0.25, 0.3) is 5.65 Å². The zero-order valence-electron chi connectivity index (χ0n) is 24.1. The summed E-state index contributed by atoms with van der Waals surface area (Å²) in [6.07, 6.45) is 16.2. The van der Waals surface area contributed by atoms with Crippen molar-refractivity contribution < 1.29 is 33.1 Å². The van der Waals surface area contributed by atoms with E-state index in [9.17, 15) is 13.5 Å². The number of rotatable bonds is 20. The molecule has 0 atom stereocenters. The monoisotopic (exact) mass is 564 g/mol. The fourth-order valence-corrected chi connectivity index (χ4v) is 4.72. The summed E-state index contributed by atoms with van der Waals surface area (Å²) in [4.78, 5) is 36.7. The van der Waals surface area contributed by atoms with E-state index in [1.54, 1.807) is 0 Å². The second kappa shape index (κ2) is 26.7. The van der Waals surface area contributed by atoms with Crippen LogP contribution in [0, 0.1) is 0 Å². The molecule has 0 aliphatic rings. The van der Waals surface area contributed by atoms with E-state index in [-0.39, 0.29) is 0 Å². The molecule has 8 nitrogen and oxygen atoms in total. The highest BCUT2D eigenvalue weighted by atomic mass is 31.2. The number of unbranched alkanes of at least 4 members (excludes halogenated alkanes) is 6. The van der Waals surface area contributed by atoms with Gasteiger partial charge < -0.3 is 29.4 Å². The molecule has 0 bridgehead atoms. The van der Waals surface area contributed by atoms with E-state index in [2.05, 4.69) is 51.3 Å². The van der Waals surface area contributed by atoms with E-state index in [1.165, 1.54) is 116 Å². The molecule has 0 saturated carbocycles. The van der Waals surface area contributed by atoms with Gasteiger partial charge >= 0.3 is 15.2 Å². The first-order chi connectivity index (χ1) is 16.8. The predicted molar refractivity (Wildman–Crippen MR) is 151 cm³/mol. The van der Waals surface area contributed by atoms with Crippen LogP contribution in [0.2, 0.25) is 0 Å². The fraction of sp³-hybridized carbons (Fsp3) is 1.00. The standard InChI is InChI=1S/2C12H27N.CH5FO6P2/c2*1-4-7-10-13(11-8-5-2)12-9-6-3;2-1(9(3,4)5)10(6,7)8/h2*4-12H2,1-3H3;1H,(H2,3,4,5)(H2,6,7,8). The van der Waals surface area contributed by atoms with Crippen LogP contribution in [0.4, 0.5) is 4.39 Å². The number of nitrogens with zero attached hydrogens (tertiary/aromatic N) is 2. The minimum Gasteiger partial charge on any atom is -0.322 e. The van der Waals surface area contributed by atoms with Crippen molar-refractivity contribution in [3.05, 3.63) is 0 Å². The van der Waals surface area contributed by atoms with Crippen molar-refractivity contribution in [3.63, 3.8) is 0 Å². The van der Waals surface area contributed by atoms with Crippen molar-refractivity contribution in [1.29, 1.82) is 0 Å². The number of hydrogen-bond donors (Lipinski definition) is 4. The van der Waals surface area contributed by atoms with Gasteiger partial charge in [0.05, 0.1) is 0 Å². The van der Waals surface area contributed by atoms with E-state index in [0.29, 0.717) is 0 Å². The van der Waals surface area contributed by atoms with Crippen LogP contribution in [0.3, 0.4) is 0 Å². The van der Waals surface area contributed by atoms with Gasteiger partial charge in [-0.1, -0.05) is 80.1 Å². The minimum absolute atomic E-state index is 1.32. The summed E-state index contributed by atoms with van der Waals surface area (Å²) in [5.41, 5.74) is -3.40. The lowest BCUT2D eigenvalue weighted by molar-refractivity contribution is 0.261. The van der Waals surface area contributed by atoms with Crippen molar-refractivity contribution in [2.24, 2.45) is 0 Å². The molecule has 0 aromatic rings. The summed E-state index contributed by atoms with van der Waals surface area (Å²) in [6, 6.07) is 0. The highest BCUT2D eigenvalue weighted by molar-refractivity contribution is 7.70. The van der Waals surface area contributed by atoms with Crippen molar-refractivity contribution in [2.75, 3.05) is 39.3 Å². The summed E-state index contributed by atoms with van der Waals surface area (Å²) in [6.45, 7) is 21.5. The fourth-order valence-electron chi connectivity index (χ4n) is 3.16. The third-order valence-electron chi connectivity index (χ3n) is 5.52. The summed E-state index contributed by atoms with van der Waals surface area (Å²) in [5, 5.41) is 0. The molecule has 0 aliphatic heterocycles. The summed E-state index contributed by atoms with van der Waals surface area (Å²) in [5.74, 6) is 0. The Hall–Kier alpha value is 0.150. The Labute approximate surface area is 221 Å². The third-order valence-corrected chi connectivity index (χ3v) is 8.44. The Morgan fingerprint density at radius 2 is 0.667 bits per heavy atom. The molecule has 0 spiro atoms. The smallest absolute Gasteiger partial charge is 0.322 e. The zero-order chi connectivity index (χ0) is 28.5. The molecule has 11 heteroatoms. The van der Waals surface area contributed by atoms with Crippen LogP contribution in [0.1, 0.15) is 119 Å². The van der Waals surface area contributed by atoms with Gasteiger partial charge in [0, 0.05) is 0 Å². The van der Waals surface area contributed by atoms with Crippen LogP contribution < -0.4 is 0 Å². The van der Waals surface area contributed by atoms with E-state index < -0.39 is 20.8 Å². The molecule has 0 aromatic heterocycles. The summed E-state index contributed by atoms with van der Waals surface area (Å²) >= 11 is 0. The van der Waals surface area contributed by atoms with Crippen molar-refractivity contribution in [2.45, 2.75) is 124 Å². The van der Waals surface area contributed by atoms with Crippen molar-refractivity contribution in [1.82, 2.24) is 9.80 Å². The molecule has 0 aromatic carbocycles. The molecular weight excluding hydrogens is 505 g/mol. The maximum Gasteiger partial charge on any atom is 0.372 e. The zero-order valence-corrected chi connectivity index (χ0v) is 25.9. The summed E-state index contributed by atoms with van der Waals surface area (Å²) in [7, 11) is -10.6. The molecule has 0 heterocycles. The van der Waals surface area contributed by atoms with Gasteiger partial charge in [0.1, 0.15) is 0 Å². The van der Waals surface area contributed by atoms with Gasteiger partial charge in [-0.05, 0) is 77.8 Å².